The van der Waals surface area contributed by atoms with Gasteiger partial charge in [0.1, 0.15) is 0 Å². The summed E-state index contributed by atoms with van der Waals surface area (Å²) >= 11 is 0. The van der Waals surface area contributed by atoms with Crippen LogP contribution in [-0.2, 0) is 0 Å². The van der Waals surface area contributed by atoms with Gasteiger partial charge in [-0.05, 0) is 45.2 Å². The van der Waals surface area contributed by atoms with Crippen molar-refractivity contribution in [3.05, 3.63) is 0 Å². The van der Waals surface area contributed by atoms with Crippen molar-refractivity contribution in [1.82, 2.24) is 10.2 Å². The highest BCUT2D eigenvalue weighted by Gasteiger charge is 2.18. The van der Waals surface area contributed by atoms with Gasteiger partial charge in [-0.2, -0.15) is 0 Å². The van der Waals surface area contributed by atoms with Gasteiger partial charge in [-0.3, -0.25) is 4.90 Å². The maximum Gasteiger partial charge on any atom is 0.0192 e. The normalized spacial score (nSPS) is 26.6. The van der Waals surface area contributed by atoms with Crippen LogP contribution in [0.3, 0.4) is 0 Å². The molecular formula is C13H28N2. The average Bonchev–Trinajstić information content (AvgIpc) is 2.39. The predicted octanol–water partition coefficient (Wildman–Crippen LogP) is 2.49. The van der Waals surface area contributed by atoms with Crippen LogP contribution in [0.4, 0.5) is 0 Å². The van der Waals surface area contributed by atoms with Gasteiger partial charge < -0.3 is 5.32 Å². The van der Waals surface area contributed by atoms with Gasteiger partial charge in [0.05, 0.1) is 0 Å². The Kier molecular flexibility index (Phi) is 5.62. The second-order valence-corrected chi connectivity index (χ2v) is 5.48. The Labute approximate surface area is 95.4 Å². The van der Waals surface area contributed by atoms with E-state index in [1.54, 1.807) is 0 Å². The van der Waals surface area contributed by atoms with Gasteiger partial charge in [0.2, 0.25) is 0 Å². The topological polar surface area (TPSA) is 15.3 Å². The lowest BCUT2D eigenvalue weighted by Gasteiger charge is -2.28. The molecule has 0 aromatic heterocycles. The molecule has 1 fully saturated rings. The molecule has 0 aromatic carbocycles. The first-order valence-electron chi connectivity index (χ1n) is 6.57. The van der Waals surface area contributed by atoms with Crippen LogP contribution < -0.4 is 5.32 Å². The van der Waals surface area contributed by atoms with Crippen LogP contribution in [-0.4, -0.2) is 36.6 Å². The van der Waals surface area contributed by atoms with Crippen LogP contribution in [0.25, 0.3) is 0 Å². The molecule has 0 spiro atoms. The van der Waals surface area contributed by atoms with Gasteiger partial charge in [-0.1, -0.05) is 20.8 Å². The van der Waals surface area contributed by atoms with Crippen LogP contribution >= 0.6 is 0 Å². The summed E-state index contributed by atoms with van der Waals surface area (Å²) < 4.78 is 0. The zero-order valence-corrected chi connectivity index (χ0v) is 10.9. The Morgan fingerprint density at radius 2 is 1.93 bits per heavy atom. The van der Waals surface area contributed by atoms with E-state index in [1.165, 1.54) is 32.4 Å². The molecule has 0 saturated carbocycles. The standard InChI is InChI=1S/C13H28N2/c1-11(2)14-10-13(4)15-8-5-6-12(3)7-9-15/h11-14H,5-10H2,1-4H3. The fraction of sp³-hybridized carbons (Fsp3) is 1.00. The second kappa shape index (κ2) is 6.49. The monoisotopic (exact) mass is 212 g/mol. The number of nitrogens with one attached hydrogen (secondary N) is 1. The Hall–Kier alpha value is -0.0800. The summed E-state index contributed by atoms with van der Waals surface area (Å²) in [5, 5.41) is 3.53. The Morgan fingerprint density at radius 3 is 2.60 bits per heavy atom. The SMILES string of the molecule is CC1CCCN(C(C)CNC(C)C)CC1. The van der Waals surface area contributed by atoms with E-state index in [0.717, 1.165) is 12.5 Å². The molecule has 0 aliphatic carbocycles. The van der Waals surface area contributed by atoms with Crippen molar-refractivity contribution in [2.24, 2.45) is 5.92 Å². The first kappa shape index (κ1) is 13.0. The molecule has 2 unspecified atom stereocenters. The molecular weight excluding hydrogens is 184 g/mol. The van der Waals surface area contributed by atoms with Gasteiger partial charge in [0.25, 0.3) is 0 Å². The average molecular weight is 212 g/mol. The lowest BCUT2D eigenvalue weighted by Crippen LogP contribution is -2.42. The van der Waals surface area contributed by atoms with Crippen molar-refractivity contribution in [3.63, 3.8) is 0 Å². The van der Waals surface area contributed by atoms with Crippen LogP contribution in [0.2, 0.25) is 0 Å². The van der Waals surface area contributed by atoms with E-state index in [9.17, 15) is 0 Å². The summed E-state index contributed by atoms with van der Waals surface area (Å²) in [5.74, 6) is 0.931. The smallest absolute Gasteiger partial charge is 0.0192 e. The van der Waals surface area contributed by atoms with Crippen molar-refractivity contribution in [3.8, 4) is 0 Å². The van der Waals surface area contributed by atoms with E-state index in [2.05, 4.69) is 37.9 Å². The second-order valence-electron chi connectivity index (χ2n) is 5.48. The lowest BCUT2D eigenvalue weighted by atomic mass is 10.0. The van der Waals surface area contributed by atoms with E-state index in [0.29, 0.717) is 12.1 Å². The third kappa shape index (κ3) is 4.98. The molecule has 0 amide bonds. The summed E-state index contributed by atoms with van der Waals surface area (Å²) in [6, 6.07) is 1.30. The van der Waals surface area contributed by atoms with E-state index in [-0.39, 0.29) is 0 Å². The number of rotatable bonds is 4. The van der Waals surface area contributed by atoms with Gasteiger partial charge in [0.15, 0.2) is 0 Å². The molecule has 1 heterocycles. The molecule has 1 rings (SSSR count). The maximum atomic E-state index is 3.53. The number of hydrogen-bond acceptors (Lipinski definition) is 2. The Morgan fingerprint density at radius 1 is 1.20 bits per heavy atom. The first-order chi connectivity index (χ1) is 7.09. The van der Waals surface area contributed by atoms with Crippen molar-refractivity contribution in [2.75, 3.05) is 19.6 Å². The fourth-order valence-electron chi connectivity index (χ4n) is 2.26. The molecule has 0 bridgehead atoms. The summed E-state index contributed by atoms with van der Waals surface area (Å²) in [6.07, 6.45) is 4.18. The van der Waals surface area contributed by atoms with E-state index in [1.807, 2.05) is 0 Å². The Balaban J connectivity index is 2.28. The van der Waals surface area contributed by atoms with Crippen molar-refractivity contribution >= 4 is 0 Å². The molecule has 90 valence electrons. The van der Waals surface area contributed by atoms with Crippen LogP contribution in [0.1, 0.15) is 47.0 Å². The highest BCUT2D eigenvalue weighted by atomic mass is 15.2. The minimum absolute atomic E-state index is 0.610. The first-order valence-corrected chi connectivity index (χ1v) is 6.57. The van der Waals surface area contributed by atoms with Gasteiger partial charge in [-0.15, -0.1) is 0 Å². The number of nitrogens with zero attached hydrogens (tertiary/aromatic N) is 1. The minimum Gasteiger partial charge on any atom is -0.313 e. The minimum atomic E-state index is 0.610. The highest BCUT2D eigenvalue weighted by Crippen LogP contribution is 2.17. The summed E-state index contributed by atoms with van der Waals surface area (Å²) in [6.45, 7) is 12.9. The van der Waals surface area contributed by atoms with E-state index in [4.69, 9.17) is 0 Å². The summed E-state index contributed by atoms with van der Waals surface area (Å²) in [5.41, 5.74) is 0. The molecule has 1 aliphatic rings. The third-order valence-electron chi connectivity index (χ3n) is 3.50. The van der Waals surface area contributed by atoms with Crippen LogP contribution in [0.15, 0.2) is 0 Å². The molecule has 2 heteroatoms. The van der Waals surface area contributed by atoms with Gasteiger partial charge >= 0.3 is 0 Å². The Bertz CT molecular complexity index is 168. The van der Waals surface area contributed by atoms with E-state index < -0.39 is 0 Å². The van der Waals surface area contributed by atoms with E-state index >= 15 is 0 Å². The zero-order chi connectivity index (χ0) is 11.3. The van der Waals surface area contributed by atoms with Gasteiger partial charge in [0, 0.05) is 18.6 Å². The molecule has 2 atom stereocenters. The molecule has 0 radical (unpaired) electrons. The molecule has 2 nitrogen and oxygen atoms in total. The molecule has 1 saturated heterocycles. The van der Waals surface area contributed by atoms with Crippen LogP contribution in [0, 0.1) is 5.92 Å². The fourth-order valence-corrected chi connectivity index (χ4v) is 2.26. The third-order valence-corrected chi connectivity index (χ3v) is 3.50. The molecule has 15 heavy (non-hydrogen) atoms. The maximum absolute atomic E-state index is 3.53. The van der Waals surface area contributed by atoms with Crippen molar-refractivity contribution in [1.29, 1.82) is 0 Å². The number of likely N-dealkylation sites (tertiary alicyclic amines) is 1. The highest BCUT2D eigenvalue weighted by molar-refractivity contribution is 4.74. The predicted molar refractivity (Wildman–Crippen MR) is 67.2 cm³/mol. The van der Waals surface area contributed by atoms with Crippen molar-refractivity contribution in [2.45, 2.75) is 59.0 Å². The molecule has 1 aliphatic heterocycles. The summed E-state index contributed by atoms with van der Waals surface area (Å²) in [7, 11) is 0. The van der Waals surface area contributed by atoms with Crippen molar-refractivity contribution < 1.29 is 0 Å². The largest absolute Gasteiger partial charge is 0.313 e. The van der Waals surface area contributed by atoms with Crippen LogP contribution in [0.5, 0.6) is 0 Å². The quantitative estimate of drug-likeness (QED) is 0.770. The molecule has 0 aromatic rings. The number of hydrogen-bond donors (Lipinski definition) is 1. The molecule has 1 N–H and O–H groups in total. The zero-order valence-electron chi connectivity index (χ0n) is 10.9. The summed E-state index contributed by atoms with van der Waals surface area (Å²) in [4.78, 5) is 2.65. The lowest BCUT2D eigenvalue weighted by molar-refractivity contribution is 0.207. The van der Waals surface area contributed by atoms with Gasteiger partial charge in [-0.25, -0.2) is 0 Å².